The van der Waals surface area contributed by atoms with Crippen molar-refractivity contribution in [1.82, 2.24) is 15.1 Å². The van der Waals surface area contributed by atoms with Crippen LogP contribution in [0.15, 0.2) is 24.3 Å². The predicted molar refractivity (Wildman–Crippen MR) is 89.4 cm³/mol. The summed E-state index contributed by atoms with van der Waals surface area (Å²) < 4.78 is 38.9. The number of hydrogen-bond acceptors (Lipinski definition) is 3. The van der Waals surface area contributed by atoms with Crippen molar-refractivity contribution in [3.63, 3.8) is 0 Å². The summed E-state index contributed by atoms with van der Waals surface area (Å²) >= 11 is 5.86. The molecule has 0 bridgehead atoms. The Labute approximate surface area is 154 Å². The number of nitrogens with one attached hydrogen (secondary N) is 1. The lowest BCUT2D eigenvalue weighted by Gasteiger charge is -2.35. The highest BCUT2D eigenvalue weighted by Crippen LogP contribution is 2.34. The number of nitrogens with zero attached hydrogens (tertiary/aromatic N) is 2. The maximum atomic E-state index is 13.0. The van der Waals surface area contributed by atoms with Gasteiger partial charge in [-0.3, -0.25) is 9.69 Å². The zero-order chi connectivity index (χ0) is 19.1. The molecule has 3 rings (SSSR count). The number of carbonyl (C=O) groups excluding carboxylic acids is 2. The van der Waals surface area contributed by atoms with Crippen molar-refractivity contribution >= 4 is 23.5 Å². The molecule has 2 aliphatic heterocycles. The average Bonchev–Trinajstić information content (AvgIpc) is 2.79. The first kappa shape index (κ1) is 19.0. The Bertz CT molecular complexity index is 710. The molecular formula is C17H19ClF3N3O2. The lowest BCUT2D eigenvalue weighted by atomic mass is 9.92. The van der Waals surface area contributed by atoms with E-state index in [-0.39, 0.29) is 19.6 Å². The first-order chi connectivity index (χ1) is 12.1. The van der Waals surface area contributed by atoms with Crippen LogP contribution in [0.1, 0.15) is 25.3 Å². The van der Waals surface area contributed by atoms with Gasteiger partial charge in [-0.25, -0.2) is 9.69 Å². The van der Waals surface area contributed by atoms with Crippen LogP contribution in [0.25, 0.3) is 0 Å². The summed E-state index contributed by atoms with van der Waals surface area (Å²) in [7, 11) is 0. The molecule has 26 heavy (non-hydrogen) atoms. The number of halogens is 4. The standard InChI is InChI=1S/C17H19ClF3N3O2/c1-16(11-4-6-13(18)7-5-11)14(25)24(15(26)22-16)10-23-8-2-3-12(9-23)17(19,20)21/h4-7,12H,2-3,8-10H2,1H3,(H,22,26)/t12-,16-/m0/s1. The van der Waals surface area contributed by atoms with Crippen LogP contribution in [-0.4, -0.2) is 47.7 Å². The Morgan fingerprint density at radius 1 is 1.27 bits per heavy atom. The van der Waals surface area contributed by atoms with Gasteiger partial charge in [-0.15, -0.1) is 0 Å². The third kappa shape index (κ3) is 3.53. The number of amides is 3. The molecule has 0 radical (unpaired) electrons. The lowest BCUT2D eigenvalue weighted by Crippen LogP contribution is -2.48. The SMILES string of the molecule is C[C@@]1(c2ccc(Cl)cc2)NC(=O)N(CN2CCC[C@H](C(F)(F)F)C2)C1=O. The van der Waals surface area contributed by atoms with Crippen LogP contribution in [0, 0.1) is 5.92 Å². The van der Waals surface area contributed by atoms with E-state index in [9.17, 15) is 22.8 Å². The number of benzene rings is 1. The van der Waals surface area contributed by atoms with Crippen LogP contribution in [-0.2, 0) is 10.3 Å². The molecule has 2 heterocycles. The van der Waals surface area contributed by atoms with Gasteiger partial charge in [0.1, 0.15) is 5.54 Å². The average molecular weight is 390 g/mol. The third-order valence-electron chi connectivity index (χ3n) is 5.01. The Hall–Kier alpha value is -1.80. The van der Waals surface area contributed by atoms with Crippen molar-refractivity contribution in [1.29, 1.82) is 0 Å². The second-order valence-corrected chi connectivity index (χ2v) is 7.33. The molecule has 2 fully saturated rings. The van der Waals surface area contributed by atoms with E-state index in [1.807, 2.05) is 0 Å². The van der Waals surface area contributed by atoms with Crippen molar-refractivity contribution in [2.24, 2.45) is 5.92 Å². The van der Waals surface area contributed by atoms with Gasteiger partial charge in [0.25, 0.3) is 5.91 Å². The highest BCUT2D eigenvalue weighted by Gasteiger charge is 2.50. The molecule has 0 unspecified atom stereocenters. The molecule has 2 aliphatic rings. The van der Waals surface area contributed by atoms with Gasteiger partial charge < -0.3 is 5.32 Å². The maximum Gasteiger partial charge on any atom is 0.393 e. The Balaban J connectivity index is 1.74. The minimum absolute atomic E-state index is 0.0721. The molecule has 1 aromatic rings. The second-order valence-electron chi connectivity index (χ2n) is 6.89. The monoisotopic (exact) mass is 389 g/mol. The molecule has 0 aromatic heterocycles. The largest absolute Gasteiger partial charge is 0.393 e. The Morgan fingerprint density at radius 3 is 2.54 bits per heavy atom. The molecule has 1 aromatic carbocycles. The van der Waals surface area contributed by atoms with Crippen LogP contribution in [0.2, 0.25) is 5.02 Å². The molecule has 9 heteroatoms. The molecular weight excluding hydrogens is 371 g/mol. The third-order valence-corrected chi connectivity index (χ3v) is 5.26. The number of urea groups is 1. The fourth-order valence-electron chi connectivity index (χ4n) is 3.46. The van der Waals surface area contributed by atoms with Gasteiger partial charge in [0, 0.05) is 11.6 Å². The van der Waals surface area contributed by atoms with Gasteiger partial charge in [0.05, 0.1) is 12.6 Å². The topological polar surface area (TPSA) is 52.7 Å². The maximum absolute atomic E-state index is 13.0. The minimum atomic E-state index is -4.27. The van der Waals surface area contributed by atoms with Gasteiger partial charge in [0.15, 0.2) is 0 Å². The fourth-order valence-corrected chi connectivity index (χ4v) is 3.58. The van der Waals surface area contributed by atoms with Crippen molar-refractivity contribution in [2.75, 3.05) is 19.8 Å². The summed E-state index contributed by atoms with van der Waals surface area (Å²) in [6.07, 6.45) is -3.82. The molecule has 2 saturated heterocycles. The zero-order valence-corrected chi connectivity index (χ0v) is 14.9. The quantitative estimate of drug-likeness (QED) is 0.807. The normalized spacial score (nSPS) is 27.7. The van der Waals surface area contributed by atoms with E-state index in [4.69, 9.17) is 11.6 Å². The van der Waals surface area contributed by atoms with Crippen LogP contribution < -0.4 is 5.32 Å². The number of carbonyl (C=O) groups is 2. The van der Waals surface area contributed by atoms with Crippen LogP contribution in [0.4, 0.5) is 18.0 Å². The summed E-state index contributed by atoms with van der Waals surface area (Å²) in [6, 6.07) is 5.91. The summed E-state index contributed by atoms with van der Waals surface area (Å²) in [6.45, 7) is 1.63. The van der Waals surface area contributed by atoms with Crippen LogP contribution >= 0.6 is 11.6 Å². The first-order valence-corrected chi connectivity index (χ1v) is 8.68. The molecule has 142 valence electrons. The predicted octanol–water partition coefficient (Wildman–Crippen LogP) is 3.34. The van der Waals surface area contributed by atoms with E-state index in [0.29, 0.717) is 23.6 Å². The summed E-state index contributed by atoms with van der Waals surface area (Å²) in [5, 5.41) is 3.14. The van der Waals surface area contributed by atoms with E-state index in [1.165, 1.54) is 4.90 Å². The van der Waals surface area contributed by atoms with Crippen molar-refractivity contribution in [2.45, 2.75) is 31.5 Å². The number of rotatable bonds is 3. The highest BCUT2D eigenvalue weighted by molar-refractivity contribution is 6.30. The molecule has 5 nitrogen and oxygen atoms in total. The number of imide groups is 1. The van der Waals surface area contributed by atoms with E-state index >= 15 is 0 Å². The number of alkyl halides is 3. The van der Waals surface area contributed by atoms with Gasteiger partial charge in [-0.1, -0.05) is 23.7 Å². The second kappa shape index (κ2) is 6.74. The Kier molecular flexibility index (Phi) is 4.92. The van der Waals surface area contributed by atoms with Crippen molar-refractivity contribution in [3.05, 3.63) is 34.9 Å². The zero-order valence-electron chi connectivity index (χ0n) is 14.1. The fraction of sp³-hybridized carbons (Fsp3) is 0.529. The van der Waals surface area contributed by atoms with Gasteiger partial charge in [-0.2, -0.15) is 13.2 Å². The number of piperidine rings is 1. The molecule has 0 aliphatic carbocycles. The Morgan fingerprint density at radius 2 is 1.92 bits per heavy atom. The first-order valence-electron chi connectivity index (χ1n) is 8.30. The van der Waals surface area contributed by atoms with E-state index in [2.05, 4.69) is 5.32 Å². The van der Waals surface area contributed by atoms with Gasteiger partial charge >= 0.3 is 12.2 Å². The minimum Gasteiger partial charge on any atom is -0.319 e. The lowest BCUT2D eigenvalue weighted by molar-refractivity contribution is -0.187. The van der Waals surface area contributed by atoms with Crippen LogP contribution in [0.3, 0.4) is 0 Å². The summed E-state index contributed by atoms with van der Waals surface area (Å²) in [4.78, 5) is 27.6. The summed E-state index contributed by atoms with van der Waals surface area (Å²) in [5.41, 5.74) is -0.699. The number of likely N-dealkylation sites (tertiary alicyclic amines) is 1. The number of hydrogen-bond donors (Lipinski definition) is 1. The highest BCUT2D eigenvalue weighted by atomic mass is 35.5. The van der Waals surface area contributed by atoms with E-state index in [1.54, 1.807) is 31.2 Å². The summed E-state index contributed by atoms with van der Waals surface area (Å²) in [5.74, 6) is -1.92. The van der Waals surface area contributed by atoms with Gasteiger partial charge in [-0.05, 0) is 44.0 Å². The molecule has 0 saturated carbocycles. The van der Waals surface area contributed by atoms with Crippen LogP contribution in [0.5, 0.6) is 0 Å². The van der Waals surface area contributed by atoms with Crippen molar-refractivity contribution < 1.29 is 22.8 Å². The molecule has 2 atom stereocenters. The molecule has 3 amide bonds. The molecule has 1 N–H and O–H groups in total. The van der Waals surface area contributed by atoms with Gasteiger partial charge in [0.2, 0.25) is 0 Å². The van der Waals surface area contributed by atoms with E-state index in [0.717, 1.165) is 4.90 Å². The molecule has 0 spiro atoms. The van der Waals surface area contributed by atoms with E-state index < -0.39 is 29.6 Å². The van der Waals surface area contributed by atoms with Crippen molar-refractivity contribution in [3.8, 4) is 0 Å². The smallest absolute Gasteiger partial charge is 0.319 e.